The van der Waals surface area contributed by atoms with E-state index in [9.17, 15) is 4.79 Å². The van der Waals surface area contributed by atoms with E-state index in [1.807, 2.05) is 12.1 Å². The van der Waals surface area contributed by atoms with Gasteiger partial charge in [-0.25, -0.2) is 4.98 Å². The number of aryl methyl sites for hydroxylation is 1. The van der Waals surface area contributed by atoms with Gasteiger partial charge in [0, 0.05) is 12.4 Å². The molecule has 0 aliphatic rings. The molecule has 2 rings (SSSR count). The highest BCUT2D eigenvalue weighted by atomic mass is 16.3. The lowest BCUT2D eigenvalue weighted by Gasteiger charge is -2.26. The summed E-state index contributed by atoms with van der Waals surface area (Å²) < 4.78 is 5.09. The molecule has 0 aliphatic heterocycles. The number of amides is 1. The minimum atomic E-state index is -0.223. The number of carbonyl (C=O) groups is 1. The lowest BCUT2D eigenvalue weighted by Crippen LogP contribution is -2.32. The van der Waals surface area contributed by atoms with Gasteiger partial charge in [0.15, 0.2) is 12.1 Å². The molecule has 1 N–H and O–H groups in total. The first kappa shape index (κ1) is 15.2. The molecule has 0 radical (unpaired) electrons. The van der Waals surface area contributed by atoms with Crippen molar-refractivity contribution in [1.29, 1.82) is 0 Å². The van der Waals surface area contributed by atoms with Crippen LogP contribution in [0.4, 0.5) is 0 Å². The molecule has 0 aromatic carbocycles. The molecule has 5 heteroatoms. The Labute approximate surface area is 124 Å². The second-order valence-corrected chi connectivity index (χ2v) is 6.33. The fourth-order valence-corrected chi connectivity index (χ4v) is 2.20. The summed E-state index contributed by atoms with van der Waals surface area (Å²) in [6.45, 7) is 8.16. The van der Waals surface area contributed by atoms with Gasteiger partial charge in [-0.1, -0.05) is 26.8 Å². The fourth-order valence-electron chi connectivity index (χ4n) is 2.20. The second kappa shape index (κ2) is 6.08. The first-order chi connectivity index (χ1) is 9.87. The summed E-state index contributed by atoms with van der Waals surface area (Å²) in [4.78, 5) is 20.4. The van der Waals surface area contributed by atoms with Crippen molar-refractivity contribution >= 4 is 5.91 Å². The van der Waals surface area contributed by atoms with E-state index >= 15 is 0 Å². The molecule has 0 saturated heterocycles. The molecule has 0 fully saturated rings. The summed E-state index contributed by atoms with van der Waals surface area (Å²) in [5.41, 5.74) is 1.40. The molecular weight excluding hydrogens is 266 g/mol. The summed E-state index contributed by atoms with van der Waals surface area (Å²) >= 11 is 0. The van der Waals surface area contributed by atoms with Gasteiger partial charge in [0.25, 0.3) is 5.91 Å². The molecule has 112 valence electrons. The summed E-state index contributed by atoms with van der Waals surface area (Å²) in [5, 5.41) is 3.03. The van der Waals surface area contributed by atoms with E-state index in [0.29, 0.717) is 11.5 Å². The molecular formula is C16H21N3O2. The number of rotatable bonds is 4. The number of pyridine rings is 1. The number of nitrogens with zero attached hydrogens (tertiary/aromatic N) is 2. The van der Waals surface area contributed by atoms with Crippen molar-refractivity contribution in [2.24, 2.45) is 5.41 Å². The number of hydrogen-bond acceptors (Lipinski definition) is 4. The Morgan fingerprint density at radius 3 is 2.71 bits per heavy atom. The highest BCUT2D eigenvalue weighted by Crippen LogP contribution is 2.29. The molecule has 2 aromatic heterocycles. The van der Waals surface area contributed by atoms with Crippen LogP contribution in [0.1, 0.15) is 55.0 Å². The third-order valence-corrected chi connectivity index (χ3v) is 3.17. The molecule has 0 spiro atoms. The Kier molecular flexibility index (Phi) is 4.40. The predicted octanol–water partition coefficient (Wildman–Crippen LogP) is 3.29. The van der Waals surface area contributed by atoms with Gasteiger partial charge >= 0.3 is 0 Å². The third kappa shape index (κ3) is 4.15. The smallest absolute Gasteiger partial charge is 0.274 e. The number of oxazole rings is 1. The van der Waals surface area contributed by atoms with Crippen molar-refractivity contribution in [2.45, 2.75) is 40.2 Å². The van der Waals surface area contributed by atoms with Gasteiger partial charge in [0.1, 0.15) is 5.76 Å². The van der Waals surface area contributed by atoms with Crippen LogP contribution in [-0.2, 0) is 0 Å². The quantitative estimate of drug-likeness (QED) is 0.937. The third-order valence-electron chi connectivity index (χ3n) is 3.17. The van der Waals surface area contributed by atoms with Crippen molar-refractivity contribution in [3.63, 3.8) is 0 Å². The van der Waals surface area contributed by atoms with Crippen LogP contribution in [0.3, 0.4) is 0 Å². The van der Waals surface area contributed by atoms with Crippen molar-refractivity contribution in [2.75, 3.05) is 0 Å². The van der Waals surface area contributed by atoms with Gasteiger partial charge in [0.05, 0.1) is 6.04 Å². The molecule has 0 bridgehead atoms. The number of nitrogens with one attached hydrogen (secondary N) is 1. The van der Waals surface area contributed by atoms with Gasteiger partial charge in [-0.2, -0.15) is 0 Å². The number of aromatic nitrogens is 2. The largest absolute Gasteiger partial charge is 0.448 e. The van der Waals surface area contributed by atoms with Gasteiger partial charge in [-0.3, -0.25) is 9.78 Å². The summed E-state index contributed by atoms with van der Waals surface area (Å²) in [7, 11) is 0. The standard InChI is InChI=1S/C16H21N3O2/c1-11-14(18-10-21-11)15(20)19-13(8-16(2,3)4)12-6-5-7-17-9-12/h5-7,9-10,13H,8H2,1-4H3,(H,19,20). The molecule has 5 nitrogen and oxygen atoms in total. The Bertz CT molecular complexity index is 599. The van der Waals surface area contributed by atoms with Crippen LogP contribution in [0, 0.1) is 12.3 Å². The van der Waals surface area contributed by atoms with E-state index in [2.05, 4.69) is 36.1 Å². The van der Waals surface area contributed by atoms with Crippen molar-refractivity contribution in [1.82, 2.24) is 15.3 Å². The highest BCUT2D eigenvalue weighted by Gasteiger charge is 2.24. The maximum absolute atomic E-state index is 12.3. The molecule has 1 unspecified atom stereocenters. The highest BCUT2D eigenvalue weighted by molar-refractivity contribution is 5.93. The van der Waals surface area contributed by atoms with E-state index in [-0.39, 0.29) is 17.4 Å². The van der Waals surface area contributed by atoms with E-state index in [1.165, 1.54) is 6.39 Å². The van der Waals surface area contributed by atoms with E-state index in [1.54, 1.807) is 19.3 Å². The SMILES string of the molecule is Cc1ocnc1C(=O)NC(CC(C)(C)C)c1cccnc1. The molecule has 0 aliphatic carbocycles. The number of hydrogen-bond donors (Lipinski definition) is 1. The topological polar surface area (TPSA) is 68.0 Å². The molecule has 1 atom stereocenters. The molecule has 21 heavy (non-hydrogen) atoms. The first-order valence-electron chi connectivity index (χ1n) is 6.98. The second-order valence-electron chi connectivity index (χ2n) is 6.33. The van der Waals surface area contributed by atoms with Crippen LogP contribution >= 0.6 is 0 Å². The minimum absolute atomic E-state index is 0.0760. The summed E-state index contributed by atoms with van der Waals surface area (Å²) in [6.07, 6.45) is 5.60. The van der Waals surface area contributed by atoms with Crippen LogP contribution < -0.4 is 5.32 Å². The minimum Gasteiger partial charge on any atom is -0.448 e. The maximum atomic E-state index is 12.3. The maximum Gasteiger partial charge on any atom is 0.274 e. The monoisotopic (exact) mass is 287 g/mol. The zero-order valence-electron chi connectivity index (χ0n) is 12.9. The van der Waals surface area contributed by atoms with E-state index < -0.39 is 0 Å². The van der Waals surface area contributed by atoms with Crippen LogP contribution in [0.25, 0.3) is 0 Å². The Morgan fingerprint density at radius 2 is 2.19 bits per heavy atom. The lowest BCUT2D eigenvalue weighted by molar-refractivity contribution is 0.0920. The van der Waals surface area contributed by atoms with Gasteiger partial charge in [-0.15, -0.1) is 0 Å². The van der Waals surface area contributed by atoms with E-state index in [4.69, 9.17) is 4.42 Å². The molecule has 2 heterocycles. The number of carbonyl (C=O) groups excluding carboxylic acids is 1. The normalized spacial score (nSPS) is 13.0. The average Bonchev–Trinajstić information content (AvgIpc) is 2.84. The van der Waals surface area contributed by atoms with Crippen molar-refractivity contribution < 1.29 is 9.21 Å². The molecule has 2 aromatic rings. The Hall–Kier alpha value is -2.17. The zero-order chi connectivity index (χ0) is 15.5. The van der Waals surface area contributed by atoms with Gasteiger partial charge in [-0.05, 0) is 30.4 Å². The summed E-state index contributed by atoms with van der Waals surface area (Å²) in [6, 6.07) is 3.74. The Balaban J connectivity index is 2.21. The van der Waals surface area contributed by atoms with Crippen molar-refractivity contribution in [3.8, 4) is 0 Å². The van der Waals surface area contributed by atoms with Crippen LogP contribution in [0.2, 0.25) is 0 Å². The van der Waals surface area contributed by atoms with Crippen LogP contribution in [0.5, 0.6) is 0 Å². The van der Waals surface area contributed by atoms with Crippen LogP contribution in [0.15, 0.2) is 35.3 Å². The first-order valence-corrected chi connectivity index (χ1v) is 6.98. The van der Waals surface area contributed by atoms with Crippen molar-refractivity contribution in [3.05, 3.63) is 47.9 Å². The average molecular weight is 287 g/mol. The Morgan fingerprint density at radius 1 is 1.43 bits per heavy atom. The zero-order valence-corrected chi connectivity index (χ0v) is 12.9. The van der Waals surface area contributed by atoms with Gasteiger partial charge < -0.3 is 9.73 Å². The van der Waals surface area contributed by atoms with Crippen LogP contribution in [-0.4, -0.2) is 15.9 Å². The van der Waals surface area contributed by atoms with E-state index in [0.717, 1.165) is 12.0 Å². The fraction of sp³-hybridized carbons (Fsp3) is 0.438. The predicted molar refractivity (Wildman–Crippen MR) is 79.8 cm³/mol. The molecule has 0 saturated carbocycles. The van der Waals surface area contributed by atoms with Gasteiger partial charge in [0.2, 0.25) is 0 Å². The summed E-state index contributed by atoms with van der Waals surface area (Å²) in [5.74, 6) is 0.299. The molecule has 1 amide bonds. The lowest BCUT2D eigenvalue weighted by atomic mass is 9.86.